The monoisotopic (exact) mass is 462 g/mol. The van der Waals surface area contributed by atoms with Crippen molar-refractivity contribution in [3.05, 3.63) is 35.8 Å². The number of nitrogens with two attached hydrogens (primary N) is 2. The van der Waals surface area contributed by atoms with Gasteiger partial charge in [-0.05, 0) is 31.9 Å². The van der Waals surface area contributed by atoms with E-state index in [1.165, 1.54) is 11.2 Å². The Morgan fingerprint density at radius 2 is 2.06 bits per heavy atom. The van der Waals surface area contributed by atoms with E-state index < -0.39 is 11.7 Å². The fraction of sp³-hybridized carbons (Fsp3) is 0.400. The number of nitrogens with zero attached hydrogens (tertiary/aromatic N) is 5. The van der Waals surface area contributed by atoms with Crippen LogP contribution < -0.4 is 22.3 Å². The van der Waals surface area contributed by atoms with Gasteiger partial charge < -0.3 is 21.5 Å². The summed E-state index contributed by atoms with van der Waals surface area (Å²) in [5.41, 5.74) is -0.203. The number of hydrogen-bond acceptors (Lipinski definition) is 8. The third-order valence-corrected chi connectivity index (χ3v) is 5.57. The summed E-state index contributed by atoms with van der Waals surface area (Å²) in [6, 6.07) is 3.64. The van der Waals surface area contributed by atoms with Gasteiger partial charge in [0.25, 0.3) is 0 Å². The molecule has 1 fully saturated rings. The van der Waals surface area contributed by atoms with Gasteiger partial charge in [0.1, 0.15) is 16.9 Å². The summed E-state index contributed by atoms with van der Waals surface area (Å²) in [7, 11) is 1.55. The highest BCUT2D eigenvalue weighted by atomic mass is 19.4. The lowest BCUT2D eigenvalue weighted by Gasteiger charge is -2.28. The van der Waals surface area contributed by atoms with Gasteiger partial charge in [0, 0.05) is 49.0 Å². The number of halogens is 3. The van der Waals surface area contributed by atoms with E-state index in [0.29, 0.717) is 29.3 Å². The van der Waals surface area contributed by atoms with Crippen LogP contribution in [0.25, 0.3) is 22.3 Å². The van der Waals surface area contributed by atoms with Crippen molar-refractivity contribution in [2.45, 2.75) is 38.0 Å². The number of fused-ring (bicyclic) bond motifs is 1. The fourth-order valence-electron chi connectivity index (χ4n) is 3.83. The lowest BCUT2D eigenvalue weighted by molar-refractivity contribution is -0.137. The number of amidine groups is 1. The Hall–Kier alpha value is -3.45. The summed E-state index contributed by atoms with van der Waals surface area (Å²) in [4.78, 5) is 15.5. The third-order valence-electron chi connectivity index (χ3n) is 5.57. The number of hydrogen-bond donors (Lipinski definition) is 5. The Bertz CT molecular complexity index is 1160. The number of hydrazone groups is 1. The van der Waals surface area contributed by atoms with Crippen LogP contribution in [0, 0.1) is 0 Å². The molecule has 7 N–H and O–H groups in total. The van der Waals surface area contributed by atoms with Gasteiger partial charge >= 0.3 is 6.18 Å². The van der Waals surface area contributed by atoms with Crippen LogP contribution in [0.5, 0.6) is 0 Å². The number of aromatic nitrogens is 4. The molecule has 1 aliphatic heterocycles. The Balaban J connectivity index is 1.74. The van der Waals surface area contributed by atoms with Crippen molar-refractivity contribution in [1.29, 1.82) is 0 Å². The normalized spacial score (nSPS) is 19.6. The van der Waals surface area contributed by atoms with Crippen LogP contribution in [0.4, 0.5) is 19.1 Å². The Labute approximate surface area is 187 Å². The van der Waals surface area contributed by atoms with Crippen LogP contribution >= 0.6 is 0 Å². The van der Waals surface area contributed by atoms with E-state index in [9.17, 15) is 13.2 Å². The van der Waals surface area contributed by atoms with E-state index in [4.69, 9.17) is 11.7 Å². The van der Waals surface area contributed by atoms with E-state index in [1.807, 2.05) is 0 Å². The molecule has 0 spiro atoms. The molecule has 0 aliphatic carbocycles. The summed E-state index contributed by atoms with van der Waals surface area (Å²) >= 11 is 0. The van der Waals surface area contributed by atoms with Crippen LogP contribution in [-0.4, -0.2) is 56.5 Å². The van der Waals surface area contributed by atoms with Crippen LogP contribution in [0.1, 0.15) is 31.0 Å². The molecule has 0 aromatic carbocycles. The van der Waals surface area contributed by atoms with E-state index >= 15 is 0 Å². The molecule has 3 aromatic heterocycles. The smallest absolute Gasteiger partial charge is 0.350 e. The second-order valence-corrected chi connectivity index (χ2v) is 8.04. The van der Waals surface area contributed by atoms with Gasteiger partial charge in [-0.25, -0.2) is 20.8 Å². The maximum absolute atomic E-state index is 13.8. The van der Waals surface area contributed by atoms with Crippen LogP contribution in [0.3, 0.4) is 0 Å². The minimum atomic E-state index is -4.63. The zero-order chi connectivity index (χ0) is 23.8. The lowest BCUT2D eigenvalue weighted by atomic mass is 10.0. The largest absolute Gasteiger partial charge is 0.419 e. The number of nitrogens with one attached hydrogen (secondary N) is 3. The summed E-state index contributed by atoms with van der Waals surface area (Å²) in [5.74, 6) is 11.4. The zero-order valence-corrected chi connectivity index (χ0v) is 18.1. The van der Waals surface area contributed by atoms with Crippen LogP contribution in [0.2, 0.25) is 0 Å². The molecule has 4 heterocycles. The number of aromatic amines is 1. The van der Waals surface area contributed by atoms with E-state index in [1.54, 1.807) is 19.2 Å². The molecule has 3 aromatic rings. The number of anilines is 1. The summed E-state index contributed by atoms with van der Waals surface area (Å²) in [6.45, 7) is 2.77. The summed E-state index contributed by atoms with van der Waals surface area (Å²) < 4.78 is 41.4. The standard InChI is InChI=1S/C20H25F3N10/c1-10-3-4-11(7-26-10)29-19-28-9-14(20(21,22)23)16(31-19)13-8-27-17-12(13)5-6-15(30-17)18(32-24)33(2)25/h5-6,8-11,26H,3-4,7,24-25H2,1-2H3,(H,27,30)(H,28,29,31)/b32-18-/t10-,11?/m1/s1. The quantitative estimate of drug-likeness (QED) is 0.171. The van der Waals surface area contributed by atoms with Gasteiger partial charge in [0.05, 0.1) is 5.69 Å². The van der Waals surface area contributed by atoms with Gasteiger partial charge in [-0.3, -0.25) is 5.01 Å². The topological polar surface area (TPSA) is 146 Å². The van der Waals surface area contributed by atoms with Crippen molar-refractivity contribution in [3.8, 4) is 11.3 Å². The van der Waals surface area contributed by atoms with Crippen molar-refractivity contribution >= 4 is 22.8 Å². The zero-order valence-electron chi connectivity index (χ0n) is 18.1. The number of hydrazine groups is 1. The van der Waals surface area contributed by atoms with Crippen LogP contribution in [0.15, 0.2) is 29.6 Å². The second-order valence-electron chi connectivity index (χ2n) is 8.04. The third kappa shape index (κ3) is 4.68. The average molecular weight is 462 g/mol. The fourth-order valence-corrected chi connectivity index (χ4v) is 3.83. The molecular weight excluding hydrogens is 437 g/mol. The number of alkyl halides is 3. The van der Waals surface area contributed by atoms with Crippen LogP contribution in [-0.2, 0) is 6.18 Å². The second kappa shape index (κ2) is 8.83. The predicted octanol–water partition coefficient (Wildman–Crippen LogP) is 2.02. The van der Waals surface area contributed by atoms with Crippen molar-refractivity contribution in [1.82, 2.24) is 30.3 Å². The van der Waals surface area contributed by atoms with Crippen molar-refractivity contribution < 1.29 is 13.2 Å². The number of piperidine rings is 1. The number of pyridine rings is 1. The number of rotatable bonds is 4. The maximum atomic E-state index is 13.8. The number of H-pyrrole nitrogens is 1. The van der Waals surface area contributed by atoms with Gasteiger partial charge in [0.15, 0.2) is 5.84 Å². The van der Waals surface area contributed by atoms with Gasteiger partial charge in [0.2, 0.25) is 5.95 Å². The average Bonchev–Trinajstić information content (AvgIpc) is 3.18. The highest BCUT2D eigenvalue weighted by molar-refractivity contribution is 6.00. The summed E-state index contributed by atoms with van der Waals surface area (Å²) in [5, 5.41) is 11.7. The molecule has 1 saturated heterocycles. The maximum Gasteiger partial charge on any atom is 0.419 e. The summed E-state index contributed by atoms with van der Waals surface area (Å²) in [6.07, 6.45) is -0.554. The molecule has 176 valence electrons. The first-order valence-corrected chi connectivity index (χ1v) is 10.4. The minimum absolute atomic E-state index is 0.0280. The van der Waals surface area contributed by atoms with E-state index in [0.717, 1.165) is 19.0 Å². The molecule has 33 heavy (non-hydrogen) atoms. The lowest BCUT2D eigenvalue weighted by Crippen LogP contribution is -2.43. The molecule has 0 amide bonds. The van der Waals surface area contributed by atoms with Crippen molar-refractivity contribution in [3.63, 3.8) is 0 Å². The first kappa shape index (κ1) is 22.7. The highest BCUT2D eigenvalue weighted by Gasteiger charge is 2.36. The first-order chi connectivity index (χ1) is 15.7. The molecule has 13 heteroatoms. The van der Waals surface area contributed by atoms with E-state index in [-0.39, 0.29) is 29.1 Å². The Kier molecular flexibility index (Phi) is 6.08. The SMILES string of the molecule is C[C@@H]1CCC(Nc2ncc(C(F)(F)F)c(-c3c[nH]c4nc(/C(=N/N)N(C)N)ccc34)n2)CN1. The molecule has 10 nitrogen and oxygen atoms in total. The van der Waals surface area contributed by atoms with Gasteiger partial charge in [-0.15, -0.1) is 0 Å². The predicted molar refractivity (Wildman–Crippen MR) is 119 cm³/mol. The molecule has 1 aliphatic rings. The Morgan fingerprint density at radius 3 is 2.70 bits per heavy atom. The molecule has 0 bridgehead atoms. The molecule has 1 unspecified atom stereocenters. The van der Waals surface area contributed by atoms with Crippen molar-refractivity contribution in [2.24, 2.45) is 16.8 Å². The van der Waals surface area contributed by atoms with Gasteiger partial charge in [-0.2, -0.15) is 18.3 Å². The van der Waals surface area contributed by atoms with Gasteiger partial charge in [-0.1, -0.05) is 0 Å². The molecule has 0 saturated carbocycles. The minimum Gasteiger partial charge on any atom is -0.350 e. The molecule has 2 atom stereocenters. The van der Waals surface area contributed by atoms with E-state index in [2.05, 4.69) is 42.6 Å². The van der Waals surface area contributed by atoms with Crippen molar-refractivity contribution in [2.75, 3.05) is 18.9 Å². The molecule has 0 radical (unpaired) electrons. The molecular formula is C20H25F3N10. The molecule has 4 rings (SSSR count). The first-order valence-electron chi connectivity index (χ1n) is 10.4. The highest BCUT2D eigenvalue weighted by Crippen LogP contribution is 2.38. The Morgan fingerprint density at radius 1 is 1.27 bits per heavy atom.